The van der Waals surface area contributed by atoms with Crippen LogP contribution in [0.25, 0.3) is 49.4 Å². The standard InChI is InChI=1S/C35H26N2/c1-36(28-12-3-2-4-13-28)29-21-19-26(20-22-29)31-15-9-17-34-35(31)32-14-7-8-16-33(32)37(34)30-23-18-25-10-5-6-11-27(25)24-30/h2-24H,1H3. The molecule has 176 valence electrons. The van der Waals surface area contributed by atoms with Crippen molar-refractivity contribution in [1.29, 1.82) is 0 Å². The molecular formula is C35H26N2. The summed E-state index contributed by atoms with van der Waals surface area (Å²) < 4.78 is 2.40. The Hall–Kier alpha value is -4.82. The molecule has 0 bridgehead atoms. The lowest BCUT2D eigenvalue weighted by Gasteiger charge is -2.19. The molecule has 0 atom stereocenters. The van der Waals surface area contributed by atoms with E-state index in [1.165, 1.54) is 60.8 Å². The van der Waals surface area contributed by atoms with Crippen molar-refractivity contribution in [2.75, 3.05) is 11.9 Å². The van der Waals surface area contributed by atoms with Crippen LogP contribution in [0.15, 0.2) is 140 Å². The second-order valence-electron chi connectivity index (χ2n) is 9.53. The van der Waals surface area contributed by atoms with Crippen LogP contribution in [0.5, 0.6) is 0 Å². The molecule has 0 radical (unpaired) electrons. The van der Waals surface area contributed by atoms with Crippen LogP contribution in [0.2, 0.25) is 0 Å². The summed E-state index contributed by atoms with van der Waals surface area (Å²) >= 11 is 0. The van der Waals surface area contributed by atoms with Crippen molar-refractivity contribution in [2.24, 2.45) is 0 Å². The number of benzene rings is 6. The molecule has 0 aliphatic rings. The zero-order valence-corrected chi connectivity index (χ0v) is 20.7. The largest absolute Gasteiger partial charge is 0.345 e. The number of rotatable bonds is 4. The molecular weight excluding hydrogens is 448 g/mol. The highest BCUT2D eigenvalue weighted by molar-refractivity contribution is 6.15. The number of para-hydroxylation sites is 2. The van der Waals surface area contributed by atoms with Crippen LogP contribution in [0.3, 0.4) is 0 Å². The van der Waals surface area contributed by atoms with Gasteiger partial charge in [-0.3, -0.25) is 0 Å². The van der Waals surface area contributed by atoms with E-state index in [4.69, 9.17) is 0 Å². The average Bonchev–Trinajstić information content (AvgIpc) is 3.32. The third-order valence-electron chi connectivity index (χ3n) is 7.40. The van der Waals surface area contributed by atoms with Gasteiger partial charge in [0, 0.05) is 34.9 Å². The quantitative estimate of drug-likeness (QED) is 0.247. The van der Waals surface area contributed by atoms with Crippen LogP contribution < -0.4 is 4.90 Å². The molecule has 0 saturated heterocycles. The van der Waals surface area contributed by atoms with Crippen molar-refractivity contribution in [3.63, 3.8) is 0 Å². The summed E-state index contributed by atoms with van der Waals surface area (Å²) in [6, 6.07) is 50.1. The van der Waals surface area contributed by atoms with Crippen molar-refractivity contribution in [3.05, 3.63) is 140 Å². The van der Waals surface area contributed by atoms with E-state index in [9.17, 15) is 0 Å². The summed E-state index contributed by atoms with van der Waals surface area (Å²) in [5.41, 5.74) is 8.44. The van der Waals surface area contributed by atoms with Gasteiger partial charge in [0.1, 0.15) is 0 Å². The maximum atomic E-state index is 2.40. The number of aromatic nitrogens is 1. The monoisotopic (exact) mass is 474 g/mol. The molecule has 0 fully saturated rings. The maximum absolute atomic E-state index is 2.40. The molecule has 1 aromatic heterocycles. The minimum Gasteiger partial charge on any atom is -0.345 e. The van der Waals surface area contributed by atoms with Gasteiger partial charge in [-0.05, 0) is 70.4 Å². The lowest BCUT2D eigenvalue weighted by Crippen LogP contribution is -2.08. The lowest BCUT2D eigenvalue weighted by atomic mass is 9.99. The molecule has 7 rings (SSSR count). The minimum absolute atomic E-state index is 1.17. The van der Waals surface area contributed by atoms with Crippen LogP contribution in [-0.2, 0) is 0 Å². The first-order valence-corrected chi connectivity index (χ1v) is 12.7. The lowest BCUT2D eigenvalue weighted by molar-refractivity contribution is 1.19. The molecule has 0 amide bonds. The average molecular weight is 475 g/mol. The van der Waals surface area contributed by atoms with E-state index in [0.29, 0.717) is 0 Å². The normalized spacial score (nSPS) is 11.4. The van der Waals surface area contributed by atoms with E-state index >= 15 is 0 Å². The zero-order valence-electron chi connectivity index (χ0n) is 20.7. The number of hydrogen-bond acceptors (Lipinski definition) is 1. The molecule has 0 saturated carbocycles. The molecule has 0 aliphatic heterocycles. The first kappa shape index (κ1) is 21.5. The highest BCUT2D eigenvalue weighted by Gasteiger charge is 2.16. The van der Waals surface area contributed by atoms with Crippen molar-refractivity contribution >= 4 is 44.0 Å². The van der Waals surface area contributed by atoms with Crippen LogP contribution in [0.4, 0.5) is 11.4 Å². The predicted octanol–water partition coefficient (Wildman–Crippen LogP) is 9.37. The van der Waals surface area contributed by atoms with Crippen molar-refractivity contribution < 1.29 is 0 Å². The van der Waals surface area contributed by atoms with Gasteiger partial charge >= 0.3 is 0 Å². The summed E-state index contributed by atoms with van der Waals surface area (Å²) in [5.74, 6) is 0. The maximum Gasteiger partial charge on any atom is 0.0547 e. The van der Waals surface area contributed by atoms with Gasteiger partial charge in [0.2, 0.25) is 0 Å². The molecule has 1 heterocycles. The van der Waals surface area contributed by atoms with Crippen LogP contribution >= 0.6 is 0 Å². The molecule has 2 nitrogen and oxygen atoms in total. The summed E-state index contributed by atoms with van der Waals surface area (Å²) in [5, 5.41) is 5.07. The number of hydrogen-bond donors (Lipinski definition) is 0. The fourth-order valence-corrected chi connectivity index (χ4v) is 5.52. The van der Waals surface area contributed by atoms with Gasteiger partial charge in [0.25, 0.3) is 0 Å². The van der Waals surface area contributed by atoms with E-state index in [-0.39, 0.29) is 0 Å². The van der Waals surface area contributed by atoms with Crippen molar-refractivity contribution in [2.45, 2.75) is 0 Å². The Balaban J connectivity index is 1.40. The van der Waals surface area contributed by atoms with E-state index in [2.05, 4.69) is 156 Å². The number of nitrogens with zero attached hydrogens (tertiary/aromatic N) is 2. The van der Waals surface area contributed by atoms with Gasteiger partial charge in [-0.15, -0.1) is 0 Å². The predicted molar refractivity (Wildman–Crippen MR) is 158 cm³/mol. The fraction of sp³-hybridized carbons (Fsp3) is 0.0286. The van der Waals surface area contributed by atoms with Crippen LogP contribution in [0, 0.1) is 0 Å². The SMILES string of the molecule is CN(c1ccccc1)c1ccc(-c2cccc3c2c2ccccc2n3-c2ccc3ccccc3c2)cc1. The zero-order chi connectivity index (χ0) is 24.8. The Morgan fingerprint density at radius 3 is 2.03 bits per heavy atom. The molecule has 37 heavy (non-hydrogen) atoms. The minimum atomic E-state index is 1.17. The molecule has 6 aromatic carbocycles. The number of fused-ring (bicyclic) bond motifs is 4. The molecule has 0 aliphatic carbocycles. The van der Waals surface area contributed by atoms with Gasteiger partial charge in [0.05, 0.1) is 11.0 Å². The van der Waals surface area contributed by atoms with Crippen molar-refractivity contribution in [3.8, 4) is 16.8 Å². The molecule has 0 unspecified atom stereocenters. The first-order chi connectivity index (χ1) is 18.3. The van der Waals surface area contributed by atoms with Gasteiger partial charge in [0.15, 0.2) is 0 Å². The fourth-order valence-electron chi connectivity index (χ4n) is 5.52. The highest BCUT2D eigenvalue weighted by atomic mass is 15.1. The Kier molecular flexibility index (Phi) is 5.04. The van der Waals surface area contributed by atoms with Gasteiger partial charge in [-0.2, -0.15) is 0 Å². The molecule has 0 N–H and O–H groups in total. The Labute approximate surface area is 216 Å². The Morgan fingerprint density at radius 2 is 1.19 bits per heavy atom. The summed E-state index contributed by atoms with van der Waals surface area (Å²) in [6.07, 6.45) is 0. The third kappa shape index (κ3) is 3.57. The highest BCUT2D eigenvalue weighted by Crippen LogP contribution is 2.39. The van der Waals surface area contributed by atoms with Crippen molar-refractivity contribution in [1.82, 2.24) is 4.57 Å². The van der Waals surface area contributed by atoms with Crippen LogP contribution in [-0.4, -0.2) is 11.6 Å². The third-order valence-corrected chi connectivity index (χ3v) is 7.40. The van der Waals surface area contributed by atoms with Gasteiger partial charge in [-0.1, -0.05) is 91.0 Å². The second-order valence-corrected chi connectivity index (χ2v) is 9.53. The topological polar surface area (TPSA) is 8.17 Å². The number of anilines is 2. The van der Waals surface area contributed by atoms with Gasteiger partial charge < -0.3 is 9.47 Å². The molecule has 7 aromatic rings. The van der Waals surface area contributed by atoms with E-state index in [1.54, 1.807) is 0 Å². The van der Waals surface area contributed by atoms with E-state index < -0.39 is 0 Å². The Bertz CT molecular complexity index is 1880. The van der Waals surface area contributed by atoms with Gasteiger partial charge in [-0.25, -0.2) is 0 Å². The molecule has 2 heteroatoms. The van der Waals surface area contributed by atoms with E-state index in [1.807, 2.05) is 0 Å². The first-order valence-electron chi connectivity index (χ1n) is 12.7. The summed E-state index contributed by atoms with van der Waals surface area (Å²) in [6.45, 7) is 0. The Morgan fingerprint density at radius 1 is 0.514 bits per heavy atom. The van der Waals surface area contributed by atoms with Crippen LogP contribution in [0.1, 0.15) is 0 Å². The summed E-state index contributed by atoms with van der Waals surface area (Å²) in [4.78, 5) is 2.22. The molecule has 0 spiro atoms. The smallest absolute Gasteiger partial charge is 0.0547 e. The van der Waals surface area contributed by atoms with E-state index in [0.717, 1.165) is 0 Å². The summed E-state index contributed by atoms with van der Waals surface area (Å²) in [7, 11) is 2.11. The second kappa shape index (κ2) is 8.69.